The van der Waals surface area contributed by atoms with Gasteiger partial charge in [0.2, 0.25) is 23.3 Å². The molecule has 0 saturated heterocycles. The number of halogens is 4. The van der Waals surface area contributed by atoms with Gasteiger partial charge >= 0.3 is 7.69 Å². The number of ether oxygens (including phenoxy) is 4. The third-order valence-corrected chi connectivity index (χ3v) is 3.12. The molecule has 0 unspecified atom stereocenters. The van der Waals surface area contributed by atoms with Crippen LogP contribution in [0.5, 0.6) is 23.0 Å². The molecule has 146 valence electrons. The van der Waals surface area contributed by atoms with Crippen LogP contribution in [0.2, 0.25) is 0 Å². The highest BCUT2D eigenvalue weighted by atomic mass is 19.2. The Labute approximate surface area is 152 Å². The van der Waals surface area contributed by atoms with Crippen LogP contribution in [0, 0.1) is 23.3 Å². The number of benzene rings is 2. The van der Waals surface area contributed by atoms with E-state index in [-0.39, 0.29) is 25.1 Å². The standard InChI is InChI=1S/C16H15BF4O6/c1-22-7-24-9-3-5-11(15(20)13(9)18)26-17-27-12-6-4-10(25-8-23-2)14(19)16(12)21/h3-6,17H,7-8H2,1-2H3. The molecule has 0 heterocycles. The SMILES string of the molecule is COCOc1ccc(OBOc2ccc(OCOC)c(F)c2F)c(F)c1F. The second kappa shape index (κ2) is 9.88. The molecular weight excluding hydrogens is 375 g/mol. The smallest absolute Gasteiger partial charge is 0.526 e. The van der Waals surface area contributed by atoms with E-state index in [0.29, 0.717) is 0 Å². The maximum absolute atomic E-state index is 13.9. The van der Waals surface area contributed by atoms with Crippen molar-refractivity contribution in [2.45, 2.75) is 0 Å². The zero-order valence-corrected chi connectivity index (χ0v) is 14.4. The van der Waals surface area contributed by atoms with Crippen LogP contribution in [0.4, 0.5) is 17.6 Å². The minimum atomic E-state index is -1.33. The Morgan fingerprint density at radius 3 is 1.33 bits per heavy atom. The molecule has 2 aromatic carbocycles. The molecule has 0 saturated carbocycles. The summed E-state index contributed by atoms with van der Waals surface area (Å²) in [6, 6.07) is 4.42. The van der Waals surface area contributed by atoms with Crippen LogP contribution in [0.15, 0.2) is 24.3 Å². The van der Waals surface area contributed by atoms with Gasteiger partial charge in [-0.05, 0) is 24.3 Å². The Kier molecular flexibility index (Phi) is 7.56. The summed E-state index contributed by atoms with van der Waals surface area (Å²) >= 11 is 0. The van der Waals surface area contributed by atoms with Gasteiger partial charge in [0.05, 0.1) is 0 Å². The maximum Gasteiger partial charge on any atom is 0.576 e. The summed E-state index contributed by atoms with van der Waals surface area (Å²) in [5.41, 5.74) is 0. The Bertz CT molecular complexity index is 714. The molecule has 0 spiro atoms. The summed E-state index contributed by atoms with van der Waals surface area (Å²) in [4.78, 5) is 0. The highest BCUT2D eigenvalue weighted by molar-refractivity contribution is 6.20. The molecule has 0 bridgehead atoms. The molecule has 0 fully saturated rings. The highest BCUT2D eigenvalue weighted by Crippen LogP contribution is 2.29. The fourth-order valence-corrected chi connectivity index (χ4v) is 1.88. The molecular formula is C16H15BF4O6. The van der Waals surface area contributed by atoms with Crippen LogP contribution in [0.1, 0.15) is 0 Å². The van der Waals surface area contributed by atoms with Gasteiger partial charge in [-0.15, -0.1) is 0 Å². The van der Waals surface area contributed by atoms with Gasteiger partial charge in [0.15, 0.2) is 25.1 Å². The lowest BCUT2D eigenvalue weighted by atomic mass is 10.2. The van der Waals surface area contributed by atoms with Gasteiger partial charge in [-0.2, -0.15) is 17.6 Å². The molecule has 2 rings (SSSR count). The van der Waals surface area contributed by atoms with Crippen molar-refractivity contribution < 1.29 is 45.8 Å². The monoisotopic (exact) mass is 390 g/mol. The molecule has 0 atom stereocenters. The third kappa shape index (κ3) is 5.17. The van der Waals surface area contributed by atoms with Crippen molar-refractivity contribution >= 4 is 7.69 Å². The van der Waals surface area contributed by atoms with Gasteiger partial charge in [-0.3, -0.25) is 0 Å². The first kappa shape index (κ1) is 20.7. The quantitative estimate of drug-likeness (QED) is 0.353. The Morgan fingerprint density at radius 1 is 0.630 bits per heavy atom. The van der Waals surface area contributed by atoms with Crippen molar-refractivity contribution in [1.82, 2.24) is 0 Å². The maximum atomic E-state index is 13.9. The summed E-state index contributed by atoms with van der Waals surface area (Å²) in [6.07, 6.45) is 0. The van der Waals surface area contributed by atoms with Gasteiger partial charge in [0.1, 0.15) is 11.5 Å². The lowest BCUT2D eigenvalue weighted by Gasteiger charge is -2.12. The first-order valence-corrected chi connectivity index (χ1v) is 7.44. The molecule has 27 heavy (non-hydrogen) atoms. The first-order valence-electron chi connectivity index (χ1n) is 7.44. The van der Waals surface area contributed by atoms with Gasteiger partial charge < -0.3 is 28.3 Å². The Morgan fingerprint density at radius 2 is 0.963 bits per heavy atom. The van der Waals surface area contributed by atoms with Crippen LogP contribution in [-0.2, 0) is 9.47 Å². The van der Waals surface area contributed by atoms with E-state index in [1.165, 1.54) is 14.2 Å². The summed E-state index contributed by atoms with van der Waals surface area (Å²) < 4.78 is 84.0. The molecule has 0 N–H and O–H groups in total. The molecule has 0 amide bonds. The number of hydrogen-bond acceptors (Lipinski definition) is 6. The highest BCUT2D eigenvalue weighted by Gasteiger charge is 2.19. The zero-order chi connectivity index (χ0) is 19.8. The molecule has 0 aliphatic carbocycles. The van der Waals surface area contributed by atoms with Crippen molar-refractivity contribution in [1.29, 1.82) is 0 Å². The molecule has 11 heteroatoms. The number of methoxy groups -OCH3 is 2. The fourth-order valence-electron chi connectivity index (χ4n) is 1.88. The fraction of sp³-hybridized carbons (Fsp3) is 0.250. The van der Waals surface area contributed by atoms with Gasteiger partial charge in [0.25, 0.3) is 0 Å². The van der Waals surface area contributed by atoms with E-state index in [1.807, 2.05) is 0 Å². The van der Waals surface area contributed by atoms with E-state index >= 15 is 0 Å². The van der Waals surface area contributed by atoms with Crippen LogP contribution >= 0.6 is 0 Å². The predicted molar refractivity (Wildman–Crippen MR) is 86.1 cm³/mol. The van der Waals surface area contributed by atoms with Crippen molar-refractivity contribution in [3.8, 4) is 23.0 Å². The van der Waals surface area contributed by atoms with Crippen molar-refractivity contribution in [2.75, 3.05) is 27.8 Å². The van der Waals surface area contributed by atoms with E-state index in [2.05, 4.69) is 9.47 Å². The zero-order valence-electron chi connectivity index (χ0n) is 14.4. The van der Waals surface area contributed by atoms with Crippen LogP contribution in [-0.4, -0.2) is 35.5 Å². The van der Waals surface area contributed by atoms with Gasteiger partial charge in [0, 0.05) is 14.2 Å². The van der Waals surface area contributed by atoms with Crippen LogP contribution in [0.3, 0.4) is 0 Å². The van der Waals surface area contributed by atoms with E-state index in [1.54, 1.807) is 0 Å². The van der Waals surface area contributed by atoms with Gasteiger partial charge in [-0.25, -0.2) is 0 Å². The van der Waals surface area contributed by atoms with Crippen LogP contribution < -0.4 is 18.8 Å². The molecule has 2 aromatic rings. The predicted octanol–water partition coefficient (Wildman–Crippen LogP) is 2.93. The third-order valence-electron chi connectivity index (χ3n) is 3.12. The minimum absolute atomic E-state index is 0.269. The molecule has 0 aromatic heterocycles. The topological polar surface area (TPSA) is 55.4 Å². The Balaban J connectivity index is 2.00. The summed E-state index contributed by atoms with van der Waals surface area (Å²) in [5, 5.41) is 0. The minimum Gasteiger partial charge on any atom is -0.526 e. The number of rotatable bonds is 10. The second-order valence-electron chi connectivity index (χ2n) is 4.89. The van der Waals surface area contributed by atoms with E-state index in [9.17, 15) is 17.6 Å². The lowest BCUT2D eigenvalue weighted by molar-refractivity contribution is 0.0476. The average molecular weight is 390 g/mol. The van der Waals surface area contributed by atoms with E-state index in [0.717, 1.165) is 24.3 Å². The molecule has 0 radical (unpaired) electrons. The molecule has 0 aliphatic heterocycles. The lowest BCUT2D eigenvalue weighted by Crippen LogP contribution is -2.14. The number of hydrogen-bond donors (Lipinski definition) is 0. The average Bonchev–Trinajstić information content (AvgIpc) is 2.67. The summed E-state index contributed by atoms with van der Waals surface area (Å²) in [5.74, 6) is -6.99. The largest absolute Gasteiger partial charge is 0.576 e. The summed E-state index contributed by atoms with van der Waals surface area (Å²) in [7, 11) is 1.94. The summed E-state index contributed by atoms with van der Waals surface area (Å²) in [6.45, 7) is -0.538. The van der Waals surface area contributed by atoms with Crippen molar-refractivity contribution in [2.24, 2.45) is 0 Å². The molecule has 0 aliphatic rings. The normalized spacial score (nSPS) is 10.4. The van der Waals surface area contributed by atoms with Crippen molar-refractivity contribution in [3.63, 3.8) is 0 Å². The van der Waals surface area contributed by atoms with Crippen LogP contribution in [0.25, 0.3) is 0 Å². The second-order valence-corrected chi connectivity index (χ2v) is 4.89. The van der Waals surface area contributed by atoms with Gasteiger partial charge in [-0.1, -0.05) is 0 Å². The first-order chi connectivity index (χ1) is 13.0. The van der Waals surface area contributed by atoms with E-state index in [4.69, 9.17) is 18.8 Å². The Hall–Kier alpha value is -2.66. The van der Waals surface area contributed by atoms with E-state index < -0.39 is 42.5 Å². The van der Waals surface area contributed by atoms with Crippen molar-refractivity contribution in [3.05, 3.63) is 47.5 Å². The molecule has 6 nitrogen and oxygen atoms in total.